The van der Waals surface area contributed by atoms with Crippen molar-refractivity contribution in [2.24, 2.45) is 0 Å². The third-order valence-corrected chi connectivity index (χ3v) is 5.36. The molecule has 0 spiro atoms. The maximum Gasteiger partial charge on any atom is 0.341 e. The molecule has 1 N–H and O–H groups in total. The summed E-state index contributed by atoms with van der Waals surface area (Å²) in [5.41, 5.74) is 1.42. The molecular weight excluding hydrogens is 422 g/mol. The van der Waals surface area contributed by atoms with Gasteiger partial charge in [-0.1, -0.05) is 12.1 Å². The fourth-order valence-corrected chi connectivity index (χ4v) is 3.67. The summed E-state index contributed by atoms with van der Waals surface area (Å²) in [4.78, 5) is 37.2. The van der Waals surface area contributed by atoms with Crippen LogP contribution in [-0.4, -0.2) is 31.1 Å². The highest BCUT2D eigenvalue weighted by Gasteiger charge is 2.22. The number of carbonyl (C=O) groups is 3. The predicted octanol–water partition coefficient (Wildman–Crippen LogP) is 4.10. The van der Waals surface area contributed by atoms with Gasteiger partial charge in [-0.25, -0.2) is 9.59 Å². The molecule has 0 fully saturated rings. The molecule has 0 saturated carbocycles. The molecule has 2 aromatic rings. The molecule has 0 aliphatic carbocycles. The monoisotopic (exact) mass is 439 g/mol. The molecule has 8 heteroatoms. The number of ether oxygens (including phenoxy) is 2. The number of halogens is 1. The lowest BCUT2D eigenvalue weighted by molar-refractivity contribution is -0.119. The number of esters is 2. The summed E-state index contributed by atoms with van der Waals surface area (Å²) in [6.45, 7) is 5.14. The summed E-state index contributed by atoms with van der Waals surface area (Å²) in [5, 5.41) is 3.01. The van der Waals surface area contributed by atoms with Gasteiger partial charge < -0.3 is 14.8 Å². The number of amides is 1. The Bertz CT molecular complexity index is 846. The summed E-state index contributed by atoms with van der Waals surface area (Å²) in [6, 6.07) is 6.77. The zero-order valence-electron chi connectivity index (χ0n) is 14.6. The number of carbonyl (C=O) groups excluding carboxylic acids is 3. The number of nitrogens with one attached hydrogen (secondary N) is 1. The van der Waals surface area contributed by atoms with Crippen LogP contribution in [0, 0.1) is 13.8 Å². The highest BCUT2D eigenvalue weighted by molar-refractivity contribution is 9.10. The lowest BCUT2D eigenvalue weighted by atomic mass is 10.1. The number of benzene rings is 1. The van der Waals surface area contributed by atoms with Crippen LogP contribution in [0.5, 0.6) is 0 Å². The summed E-state index contributed by atoms with van der Waals surface area (Å²) in [6.07, 6.45) is 0. The zero-order valence-corrected chi connectivity index (χ0v) is 17.0. The van der Waals surface area contributed by atoms with Gasteiger partial charge >= 0.3 is 11.9 Å². The van der Waals surface area contributed by atoms with Gasteiger partial charge in [-0.2, -0.15) is 0 Å². The highest BCUT2D eigenvalue weighted by atomic mass is 79.9. The Balaban J connectivity index is 2.04. The molecule has 0 bridgehead atoms. The third kappa shape index (κ3) is 4.70. The van der Waals surface area contributed by atoms with E-state index in [2.05, 4.69) is 21.2 Å². The first kappa shape index (κ1) is 20.1. The lowest BCUT2D eigenvalue weighted by Gasteiger charge is -2.08. The average molecular weight is 440 g/mol. The van der Waals surface area contributed by atoms with E-state index >= 15 is 0 Å². The Hall–Kier alpha value is -2.19. The van der Waals surface area contributed by atoms with Crippen LogP contribution < -0.4 is 5.32 Å². The molecule has 2 rings (SSSR count). The van der Waals surface area contributed by atoms with Gasteiger partial charge in [0.05, 0.1) is 17.7 Å². The van der Waals surface area contributed by atoms with Crippen molar-refractivity contribution in [3.8, 4) is 0 Å². The number of rotatable bonds is 6. The second-order valence-electron chi connectivity index (χ2n) is 5.31. The van der Waals surface area contributed by atoms with Gasteiger partial charge in [-0.3, -0.25) is 4.79 Å². The first-order chi connectivity index (χ1) is 12.3. The van der Waals surface area contributed by atoms with Gasteiger partial charge in [0.15, 0.2) is 6.61 Å². The van der Waals surface area contributed by atoms with E-state index in [-0.39, 0.29) is 6.61 Å². The topological polar surface area (TPSA) is 81.7 Å². The Morgan fingerprint density at radius 3 is 2.46 bits per heavy atom. The molecular formula is C18H18BrNO5S. The Morgan fingerprint density at radius 2 is 1.81 bits per heavy atom. The Morgan fingerprint density at radius 1 is 1.12 bits per heavy atom. The van der Waals surface area contributed by atoms with Crippen molar-refractivity contribution in [3.63, 3.8) is 0 Å². The van der Waals surface area contributed by atoms with Crippen LogP contribution in [-0.2, 0) is 14.3 Å². The van der Waals surface area contributed by atoms with Crippen LogP contribution in [0.15, 0.2) is 28.7 Å². The molecule has 1 aromatic heterocycles. The smallest absolute Gasteiger partial charge is 0.341 e. The van der Waals surface area contributed by atoms with Crippen molar-refractivity contribution in [1.82, 2.24) is 0 Å². The maximum atomic E-state index is 12.1. The molecule has 0 aliphatic heterocycles. The molecule has 26 heavy (non-hydrogen) atoms. The second kappa shape index (κ2) is 8.95. The van der Waals surface area contributed by atoms with Gasteiger partial charge in [-0.05, 0) is 54.4 Å². The van der Waals surface area contributed by atoms with Gasteiger partial charge in [-0.15, -0.1) is 11.3 Å². The summed E-state index contributed by atoms with van der Waals surface area (Å²) in [7, 11) is 0. The SMILES string of the molecule is CCOC(=O)c1c(NC(=O)COC(=O)c2ccccc2Br)sc(C)c1C. The number of thiophene rings is 1. The van der Waals surface area contributed by atoms with Crippen molar-refractivity contribution in [2.75, 3.05) is 18.5 Å². The number of aryl methyl sites for hydroxylation is 1. The van der Waals surface area contributed by atoms with E-state index in [1.165, 1.54) is 11.3 Å². The van der Waals surface area contributed by atoms with Crippen LogP contribution in [0.4, 0.5) is 5.00 Å². The number of anilines is 1. The van der Waals surface area contributed by atoms with E-state index in [1.54, 1.807) is 38.1 Å². The highest BCUT2D eigenvalue weighted by Crippen LogP contribution is 2.33. The lowest BCUT2D eigenvalue weighted by Crippen LogP contribution is -2.22. The minimum Gasteiger partial charge on any atom is -0.462 e. The third-order valence-electron chi connectivity index (χ3n) is 3.55. The van der Waals surface area contributed by atoms with Crippen LogP contribution in [0.2, 0.25) is 0 Å². The van der Waals surface area contributed by atoms with Crippen molar-refractivity contribution in [3.05, 3.63) is 50.3 Å². The Labute approximate surface area is 163 Å². The first-order valence-corrected chi connectivity index (χ1v) is 9.44. The minimum atomic E-state index is -0.614. The molecule has 1 amide bonds. The molecule has 138 valence electrons. The quantitative estimate of drug-likeness (QED) is 0.685. The van der Waals surface area contributed by atoms with Crippen LogP contribution in [0.3, 0.4) is 0 Å². The van der Waals surface area contributed by atoms with Crippen LogP contribution in [0.1, 0.15) is 38.1 Å². The fraction of sp³-hybridized carbons (Fsp3) is 0.278. The molecule has 1 heterocycles. The molecule has 1 aromatic carbocycles. The van der Waals surface area contributed by atoms with E-state index in [9.17, 15) is 14.4 Å². The largest absolute Gasteiger partial charge is 0.462 e. The molecule has 0 unspecified atom stereocenters. The van der Waals surface area contributed by atoms with E-state index in [0.717, 1.165) is 10.4 Å². The first-order valence-electron chi connectivity index (χ1n) is 7.83. The van der Waals surface area contributed by atoms with Crippen molar-refractivity contribution in [1.29, 1.82) is 0 Å². The maximum absolute atomic E-state index is 12.1. The van der Waals surface area contributed by atoms with Gasteiger partial charge in [0.25, 0.3) is 5.91 Å². The normalized spacial score (nSPS) is 10.3. The van der Waals surface area contributed by atoms with E-state index in [0.29, 0.717) is 20.6 Å². The molecule has 0 aliphatic rings. The second-order valence-corrected chi connectivity index (χ2v) is 7.39. The zero-order chi connectivity index (χ0) is 19.3. The number of hydrogen-bond acceptors (Lipinski definition) is 6. The summed E-state index contributed by atoms with van der Waals surface area (Å²) >= 11 is 4.53. The standard InChI is InChI=1S/C18H18BrNO5S/c1-4-24-18(23)15-10(2)11(3)26-16(15)20-14(21)9-25-17(22)12-7-5-6-8-13(12)19/h5-8H,4,9H2,1-3H3,(H,20,21). The molecule has 0 atom stereocenters. The Kier molecular flexibility index (Phi) is 6.93. The van der Waals surface area contributed by atoms with E-state index in [1.807, 2.05) is 6.92 Å². The minimum absolute atomic E-state index is 0.240. The van der Waals surface area contributed by atoms with Gasteiger partial charge in [0.1, 0.15) is 5.00 Å². The van der Waals surface area contributed by atoms with Crippen molar-refractivity contribution >= 4 is 50.1 Å². The van der Waals surface area contributed by atoms with E-state index < -0.39 is 24.5 Å². The predicted molar refractivity (Wildman–Crippen MR) is 103 cm³/mol. The van der Waals surface area contributed by atoms with Crippen LogP contribution >= 0.6 is 27.3 Å². The van der Waals surface area contributed by atoms with Gasteiger partial charge in [0, 0.05) is 9.35 Å². The summed E-state index contributed by atoms with van der Waals surface area (Å²) in [5.74, 6) is -1.64. The summed E-state index contributed by atoms with van der Waals surface area (Å²) < 4.78 is 10.7. The molecule has 0 saturated heterocycles. The van der Waals surface area contributed by atoms with Crippen molar-refractivity contribution in [2.45, 2.75) is 20.8 Å². The fourth-order valence-electron chi connectivity index (χ4n) is 2.16. The van der Waals surface area contributed by atoms with Gasteiger partial charge in [0.2, 0.25) is 0 Å². The average Bonchev–Trinajstić information content (AvgIpc) is 2.87. The van der Waals surface area contributed by atoms with E-state index in [4.69, 9.17) is 9.47 Å². The number of hydrogen-bond donors (Lipinski definition) is 1. The molecule has 6 nitrogen and oxygen atoms in total. The van der Waals surface area contributed by atoms with Crippen LogP contribution in [0.25, 0.3) is 0 Å². The van der Waals surface area contributed by atoms with Crippen molar-refractivity contribution < 1.29 is 23.9 Å². The molecule has 0 radical (unpaired) electrons.